The van der Waals surface area contributed by atoms with E-state index in [9.17, 15) is 0 Å². The van der Waals surface area contributed by atoms with Crippen molar-refractivity contribution in [3.05, 3.63) is 35.4 Å². The molecule has 0 fully saturated rings. The molecule has 0 saturated heterocycles. The Morgan fingerprint density at radius 1 is 1.22 bits per heavy atom. The molecule has 0 heterocycles. The summed E-state index contributed by atoms with van der Waals surface area (Å²) in [7, 11) is 0. The Labute approximate surface area is 78.6 Å². The molecule has 0 aromatic heterocycles. The standard InChI is InChI=1S/C8H9.Na/c1-7-3-5-8(2)6-4-7;/h3-5H,1-2H3;/q-1;+1. The molecule has 42 valence electrons. The monoisotopic (exact) mass is 128 g/mol. The molecule has 0 nitrogen and oxygen atoms in total. The first-order valence-corrected chi connectivity index (χ1v) is 2.74. The van der Waals surface area contributed by atoms with Gasteiger partial charge in [-0.05, 0) is 0 Å². The number of aryl methyl sites for hydroxylation is 2. The van der Waals surface area contributed by atoms with Crippen molar-refractivity contribution in [3.8, 4) is 0 Å². The molecule has 0 aliphatic rings. The summed E-state index contributed by atoms with van der Waals surface area (Å²) in [5, 5.41) is 0. The summed E-state index contributed by atoms with van der Waals surface area (Å²) in [5.41, 5.74) is 2.48. The Balaban J connectivity index is 0.000000640. The fourth-order valence-electron chi connectivity index (χ4n) is 0.580. The molecule has 0 aliphatic carbocycles. The molecular formula is C8H9Na. The molecule has 1 heteroatoms. The maximum Gasteiger partial charge on any atom is 1.00 e. The van der Waals surface area contributed by atoms with Gasteiger partial charge in [0.25, 0.3) is 0 Å². The molecule has 9 heavy (non-hydrogen) atoms. The largest absolute Gasteiger partial charge is 1.00 e. The molecule has 0 bridgehead atoms. The van der Waals surface area contributed by atoms with Crippen LogP contribution in [0.25, 0.3) is 0 Å². The molecule has 0 atom stereocenters. The second-order valence-corrected chi connectivity index (χ2v) is 2.05. The number of hydrogen-bond donors (Lipinski definition) is 0. The predicted molar refractivity (Wildman–Crippen MR) is 34.8 cm³/mol. The molecule has 0 spiro atoms. The molecule has 1 rings (SSSR count). The van der Waals surface area contributed by atoms with E-state index >= 15 is 0 Å². The van der Waals surface area contributed by atoms with Crippen LogP contribution < -0.4 is 29.6 Å². The SMILES string of the molecule is Cc1[c-]cc(C)cc1.[Na+]. The van der Waals surface area contributed by atoms with Crippen LogP contribution in [0, 0.1) is 19.9 Å². The van der Waals surface area contributed by atoms with Gasteiger partial charge >= 0.3 is 29.6 Å². The molecule has 0 unspecified atom stereocenters. The van der Waals surface area contributed by atoms with Crippen LogP contribution in [0.15, 0.2) is 18.2 Å². The maximum atomic E-state index is 3.10. The van der Waals surface area contributed by atoms with E-state index < -0.39 is 0 Å². The molecule has 0 saturated carbocycles. The summed E-state index contributed by atoms with van der Waals surface area (Å²) in [4.78, 5) is 0. The fraction of sp³-hybridized carbons (Fsp3) is 0.250. The van der Waals surface area contributed by atoms with Crippen molar-refractivity contribution < 1.29 is 29.6 Å². The van der Waals surface area contributed by atoms with Crippen LogP contribution in [0.5, 0.6) is 0 Å². The first kappa shape index (κ1) is 9.22. The van der Waals surface area contributed by atoms with Gasteiger partial charge in [0.15, 0.2) is 0 Å². The Morgan fingerprint density at radius 3 is 2.22 bits per heavy atom. The van der Waals surface area contributed by atoms with E-state index in [0.717, 1.165) is 0 Å². The Kier molecular flexibility index (Phi) is 4.20. The topological polar surface area (TPSA) is 0 Å². The van der Waals surface area contributed by atoms with E-state index in [-0.39, 0.29) is 29.6 Å². The van der Waals surface area contributed by atoms with Crippen molar-refractivity contribution >= 4 is 0 Å². The van der Waals surface area contributed by atoms with Gasteiger partial charge in [-0.3, -0.25) is 0 Å². The molecular weight excluding hydrogens is 119 g/mol. The third kappa shape index (κ3) is 3.04. The van der Waals surface area contributed by atoms with Crippen molar-refractivity contribution in [2.24, 2.45) is 0 Å². The Bertz CT molecular complexity index is 143. The van der Waals surface area contributed by atoms with Crippen LogP contribution in [0.4, 0.5) is 0 Å². The average Bonchev–Trinajstić information content (AvgIpc) is 1.77. The van der Waals surface area contributed by atoms with Gasteiger partial charge in [-0.2, -0.15) is 35.4 Å². The normalized spacial score (nSPS) is 8.22. The van der Waals surface area contributed by atoms with E-state index in [0.29, 0.717) is 0 Å². The van der Waals surface area contributed by atoms with Gasteiger partial charge in [0.2, 0.25) is 0 Å². The maximum absolute atomic E-state index is 3.10. The molecule has 0 amide bonds. The third-order valence-corrected chi connectivity index (χ3v) is 1.12. The molecule has 0 N–H and O–H groups in total. The van der Waals surface area contributed by atoms with Gasteiger partial charge in [0, 0.05) is 0 Å². The van der Waals surface area contributed by atoms with Gasteiger partial charge < -0.3 is 0 Å². The minimum Gasteiger partial charge on any atom is -0.180 e. The quantitative estimate of drug-likeness (QED) is 0.314. The van der Waals surface area contributed by atoms with Gasteiger partial charge in [-0.15, -0.1) is 0 Å². The van der Waals surface area contributed by atoms with Crippen molar-refractivity contribution in [2.45, 2.75) is 13.8 Å². The average molecular weight is 128 g/mol. The third-order valence-electron chi connectivity index (χ3n) is 1.12. The first-order chi connectivity index (χ1) is 3.79. The molecule has 0 aliphatic heterocycles. The Morgan fingerprint density at radius 2 is 1.89 bits per heavy atom. The Hall–Kier alpha value is 0.220. The van der Waals surface area contributed by atoms with E-state index in [1.54, 1.807) is 0 Å². The van der Waals surface area contributed by atoms with E-state index in [2.05, 4.69) is 25.1 Å². The molecule has 1 aromatic rings. The van der Waals surface area contributed by atoms with Gasteiger partial charge in [0.1, 0.15) is 0 Å². The zero-order valence-corrected chi connectivity index (χ0v) is 8.23. The fourth-order valence-corrected chi connectivity index (χ4v) is 0.580. The zero-order chi connectivity index (χ0) is 5.98. The zero-order valence-electron chi connectivity index (χ0n) is 6.23. The van der Waals surface area contributed by atoms with Gasteiger partial charge in [0.05, 0.1) is 0 Å². The molecule has 0 radical (unpaired) electrons. The smallest absolute Gasteiger partial charge is 0.180 e. The summed E-state index contributed by atoms with van der Waals surface area (Å²) in [6, 6.07) is 9.25. The summed E-state index contributed by atoms with van der Waals surface area (Å²) in [6.07, 6.45) is 0. The van der Waals surface area contributed by atoms with Crippen LogP contribution >= 0.6 is 0 Å². The van der Waals surface area contributed by atoms with Crippen LogP contribution in [-0.4, -0.2) is 0 Å². The minimum atomic E-state index is 0. The first-order valence-electron chi connectivity index (χ1n) is 2.74. The van der Waals surface area contributed by atoms with Gasteiger partial charge in [-0.1, -0.05) is 13.8 Å². The summed E-state index contributed by atoms with van der Waals surface area (Å²) >= 11 is 0. The van der Waals surface area contributed by atoms with Crippen LogP contribution in [0.3, 0.4) is 0 Å². The van der Waals surface area contributed by atoms with Crippen LogP contribution in [0.1, 0.15) is 11.1 Å². The van der Waals surface area contributed by atoms with E-state index in [1.807, 2.05) is 13.0 Å². The second kappa shape index (κ2) is 4.10. The van der Waals surface area contributed by atoms with E-state index in [1.165, 1.54) is 11.1 Å². The van der Waals surface area contributed by atoms with Crippen LogP contribution in [-0.2, 0) is 0 Å². The van der Waals surface area contributed by atoms with Crippen molar-refractivity contribution in [3.63, 3.8) is 0 Å². The van der Waals surface area contributed by atoms with Gasteiger partial charge in [-0.25, -0.2) is 0 Å². The summed E-state index contributed by atoms with van der Waals surface area (Å²) in [5.74, 6) is 0. The molecule has 1 aromatic carbocycles. The number of rotatable bonds is 0. The van der Waals surface area contributed by atoms with Crippen molar-refractivity contribution in [2.75, 3.05) is 0 Å². The predicted octanol–water partition coefficient (Wildman–Crippen LogP) is -0.892. The number of hydrogen-bond acceptors (Lipinski definition) is 0. The van der Waals surface area contributed by atoms with E-state index in [4.69, 9.17) is 0 Å². The van der Waals surface area contributed by atoms with Crippen molar-refractivity contribution in [1.82, 2.24) is 0 Å². The number of benzene rings is 1. The minimum absolute atomic E-state index is 0. The second-order valence-electron chi connectivity index (χ2n) is 2.05. The van der Waals surface area contributed by atoms with Crippen LogP contribution in [0.2, 0.25) is 0 Å². The van der Waals surface area contributed by atoms with Crippen molar-refractivity contribution in [1.29, 1.82) is 0 Å². The summed E-state index contributed by atoms with van der Waals surface area (Å²) < 4.78 is 0. The summed E-state index contributed by atoms with van der Waals surface area (Å²) in [6.45, 7) is 4.11.